The Hall–Kier alpha value is -0.0800. The second-order valence-corrected chi connectivity index (χ2v) is 4.84. The van der Waals surface area contributed by atoms with E-state index in [9.17, 15) is 0 Å². The molecule has 14 heavy (non-hydrogen) atoms. The number of hydrogen-bond acceptors (Lipinski definition) is 2. The van der Waals surface area contributed by atoms with Crippen LogP contribution in [-0.4, -0.2) is 28.8 Å². The molecule has 0 aromatic rings. The summed E-state index contributed by atoms with van der Waals surface area (Å²) in [5, 5.41) is 0. The maximum absolute atomic E-state index is 2.60. The standard InChI is InChI=1S/C12H24N2/c1-3-4-5-6-7-8-9-12-13-10-14(12)11(13)2/h11-12H,3-10H2,1-2H3. The molecule has 2 heteroatoms. The summed E-state index contributed by atoms with van der Waals surface area (Å²) in [7, 11) is 0. The highest BCUT2D eigenvalue weighted by Crippen LogP contribution is 2.40. The van der Waals surface area contributed by atoms with Gasteiger partial charge in [0.25, 0.3) is 0 Å². The molecule has 0 aliphatic carbocycles. The third kappa shape index (κ3) is 1.82. The molecule has 3 rings (SSSR count). The van der Waals surface area contributed by atoms with Crippen LogP contribution in [0.5, 0.6) is 0 Å². The molecule has 0 amide bonds. The minimum Gasteiger partial charge on any atom is -0.259 e. The minimum absolute atomic E-state index is 0.778. The molecule has 0 saturated carbocycles. The van der Waals surface area contributed by atoms with E-state index in [-0.39, 0.29) is 0 Å². The highest BCUT2D eigenvalue weighted by atomic mass is 15.7. The zero-order chi connectivity index (χ0) is 9.97. The molecule has 0 spiro atoms. The molecule has 0 radical (unpaired) electrons. The van der Waals surface area contributed by atoms with Gasteiger partial charge >= 0.3 is 0 Å². The number of nitrogens with zero attached hydrogens (tertiary/aromatic N) is 2. The van der Waals surface area contributed by atoms with E-state index in [1.807, 2.05) is 0 Å². The van der Waals surface area contributed by atoms with E-state index < -0.39 is 0 Å². The highest BCUT2D eigenvalue weighted by Gasteiger charge is 2.53. The molecule has 3 aliphatic rings. The Kier molecular flexibility index (Phi) is 3.45. The van der Waals surface area contributed by atoms with E-state index in [2.05, 4.69) is 23.6 Å². The molecule has 3 saturated heterocycles. The normalized spacial score (nSPS) is 39.0. The molecule has 82 valence electrons. The van der Waals surface area contributed by atoms with Crippen LogP contribution in [0.25, 0.3) is 0 Å². The Labute approximate surface area is 88.3 Å². The first-order valence-electron chi connectivity index (χ1n) is 6.36. The van der Waals surface area contributed by atoms with Crippen LogP contribution in [0.1, 0.15) is 58.8 Å². The summed E-state index contributed by atoms with van der Waals surface area (Å²) in [6.45, 7) is 5.84. The lowest BCUT2D eigenvalue weighted by Crippen LogP contribution is -2.84. The van der Waals surface area contributed by atoms with Crippen LogP contribution in [0.4, 0.5) is 0 Å². The van der Waals surface area contributed by atoms with Crippen molar-refractivity contribution in [1.82, 2.24) is 9.80 Å². The molecule has 0 N–H and O–H groups in total. The van der Waals surface area contributed by atoms with Crippen molar-refractivity contribution < 1.29 is 0 Å². The van der Waals surface area contributed by atoms with Crippen LogP contribution in [0.2, 0.25) is 0 Å². The Bertz CT molecular complexity index is 171. The number of rotatable bonds is 7. The van der Waals surface area contributed by atoms with Gasteiger partial charge in [-0.15, -0.1) is 0 Å². The topological polar surface area (TPSA) is 6.48 Å². The molecule has 2 bridgehead atoms. The van der Waals surface area contributed by atoms with Gasteiger partial charge in [0.05, 0.1) is 19.0 Å². The molecule has 2 unspecified atom stereocenters. The van der Waals surface area contributed by atoms with E-state index in [1.54, 1.807) is 0 Å². The molecule has 3 heterocycles. The van der Waals surface area contributed by atoms with E-state index >= 15 is 0 Å². The maximum Gasteiger partial charge on any atom is 0.0673 e. The molecule has 2 nitrogen and oxygen atoms in total. The predicted molar refractivity (Wildman–Crippen MR) is 59.8 cm³/mol. The van der Waals surface area contributed by atoms with E-state index in [0.717, 1.165) is 12.3 Å². The Balaban J connectivity index is 1.42. The Morgan fingerprint density at radius 1 is 1.00 bits per heavy atom. The average Bonchev–Trinajstić information content (AvgIpc) is 2.13. The second kappa shape index (κ2) is 4.63. The largest absolute Gasteiger partial charge is 0.259 e. The second-order valence-electron chi connectivity index (χ2n) is 4.84. The van der Waals surface area contributed by atoms with Gasteiger partial charge in [0, 0.05) is 0 Å². The van der Waals surface area contributed by atoms with Crippen molar-refractivity contribution in [3.8, 4) is 0 Å². The van der Waals surface area contributed by atoms with Crippen molar-refractivity contribution in [3.63, 3.8) is 0 Å². The molecular weight excluding hydrogens is 172 g/mol. The molecule has 3 fully saturated rings. The van der Waals surface area contributed by atoms with Crippen LogP contribution >= 0.6 is 0 Å². The van der Waals surface area contributed by atoms with Gasteiger partial charge in [0.2, 0.25) is 0 Å². The van der Waals surface area contributed by atoms with E-state index in [0.29, 0.717) is 0 Å². The third-order valence-electron chi connectivity index (χ3n) is 3.87. The maximum atomic E-state index is 2.60. The van der Waals surface area contributed by atoms with E-state index in [1.165, 1.54) is 51.6 Å². The fourth-order valence-electron chi connectivity index (χ4n) is 2.67. The van der Waals surface area contributed by atoms with Crippen molar-refractivity contribution >= 4 is 0 Å². The Morgan fingerprint density at radius 2 is 1.64 bits per heavy atom. The zero-order valence-electron chi connectivity index (χ0n) is 9.71. The quantitative estimate of drug-likeness (QED) is 0.578. The predicted octanol–water partition coefficient (Wildman–Crippen LogP) is 3.00. The van der Waals surface area contributed by atoms with Crippen molar-refractivity contribution in [2.24, 2.45) is 0 Å². The summed E-state index contributed by atoms with van der Waals surface area (Å²) < 4.78 is 0. The van der Waals surface area contributed by atoms with Crippen molar-refractivity contribution in [1.29, 1.82) is 0 Å². The van der Waals surface area contributed by atoms with Gasteiger partial charge in [-0.25, -0.2) is 0 Å². The van der Waals surface area contributed by atoms with Gasteiger partial charge in [-0.3, -0.25) is 9.80 Å². The minimum atomic E-state index is 0.778. The van der Waals surface area contributed by atoms with Crippen LogP contribution in [0, 0.1) is 0 Å². The number of unbranched alkanes of at least 4 members (excludes halogenated alkanes) is 5. The lowest BCUT2D eigenvalue weighted by molar-refractivity contribution is -0.314. The Morgan fingerprint density at radius 3 is 2.21 bits per heavy atom. The van der Waals surface area contributed by atoms with Gasteiger partial charge in [-0.05, 0) is 13.3 Å². The van der Waals surface area contributed by atoms with Gasteiger partial charge in [0.15, 0.2) is 0 Å². The summed E-state index contributed by atoms with van der Waals surface area (Å²) in [5.74, 6) is 0. The SMILES string of the molecule is CCCCCCCCC1N2CN1C2C. The zero-order valence-corrected chi connectivity index (χ0v) is 9.71. The van der Waals surface area contributed by atoms with Gasteiger partial charge in [0.1, 0.15) is 0 Å². The fraction of sp³-hybridized carbons (Fsp3) is 1.00. The summed E-state index contributed by atoms with van der Waals surface area (Å²) in [6, 6.07) is 0. The summed E-state index contributed by atoms with van der Waals surface area (Å²) >= 11 is 0. The molecule has 0 aromatic heterocycles. The highest BCUT2D eigenvalue weighted by molar-refractivity contribution is 4.98. The van der Waals surface area contributed by atoms with Crippen molar-refractivity contribution in [2.45, 2.75) is 71.1 Å². The monoisotopic (exact) mass is 196 g/mol. The third-order valence-corrected chi connectivity index (χ3v) is 3.87. The molecular formula is C12H24N2. The first kappa shape index (κ1) is 10.4. The number of hydrogen-bond donors (Lipinski definition) is 0. The fourth-order valence-corrected chi connectivity index (χ4v) is 2.67. The van der Waals surface area contributed by atoms with Gasteiger partial charge in [-0.1, -0.05) is 45.4 Å². The first-order valence-corrected chi connectivity index (χ1v) is 6.36. The lowest BCUT2D eigenvalue weighted by Gasteiger charge is -2.69. The lowest BCUT2D eigenvalue weighted by atomic mass is 9.99. The molecule has 3 aliphatic heterocycles. The molecule has 2 atom stereocenters. The van der Waals surface area contributed by atoms with Gasteiger partial charge in [-0.2, -0.15) is 0 Å². The summed E-state index contributed by atoms with van der Waals surface area (Å²) in [6.07, 6.45) is 11.6. The van der Waals surface area contributed by atoms with Crippen molar-refractivity contribution in [2.75, 3.05) is 6.67 Å². The van der Waals surface area contributed by atoms with E-state index in [4.69, 9.17) is 0 Å². The van der Waals surface area contributed by atoms with Crippen LogP contribution in [0.3, 0.4) is 0 Å². The molecule has 0 aromatic carbocycles. The van der Waals surface area contributed by atoms with Gasteiger partial charge < -0.3 is 0 Å². The average molecular weight is 196 g/mol. The van der Waals surface area contributed by atoms with Crippen LogP contribution < -0.4 is 0 Å². The van der Waals surface area contributed by atoms with Crippen LogP contribution in [-0.2, 0) is 0 Å². The smallest absolute Gasteiger partial charge is 0.0673 e. The summed E-state index contributed by atoms with van der Waals surface area (Å²) in [5.41, 5.74) is 0. The first-order chi connectivity index (χ1) is 6.84. The summed E-state index contributed by atoms with van der Waals surface area (Å²) in [4.78, 5) is 5.21. The van der Waals surface area contributed by atoms with Crippen LogP contribution in [0.15, 0.2) is 0 Å². The van der Waals surface area contributed by atoms with Crippen molar-refractivity contribution in [3.05, 3.63) is 0 Å².